The summed E-state index contributed by atoms with van der Waals surface area (Å²) in [5.41, 5.74) is 1.15. The number of hydrogen-bond donors (Lipinski definition) is 2. The lowest BCUT2D eigenvalue weighted by Gasteiger charge is -2.41. The number of methoxy groups -OCH3 is 1. The molecule has 4 rings (SSSR count). The fourth-order valence-corrected chi connectivity index (χ4v) is 7.29. The standard InChI is InChI=1S/C28H39FN2O4S/c1-35-21-6-7-25-23(16-21)27(20(19-32)18-30-25)24(29)8-9-28(17-26(33)34)10-12-31(13-11-28)14-15-36-22-4-2-3-5-22/h6-7,16,18,22,24,32H,2-5,8-15,17,19H2,1H3,(H,33,34)/t24-/m0/s1. The van der Waals surface area contributed by atoms with Crippen LogP contribution in [0.15, 0.2) is 24.4 Å². The number of thioether (sulfide) groups is 1. The van der Waals surface area contributed by atoms with Gasteiger partial charge in [-0.05, 0) is 75.2 Å². The number of fused-ring (bicyclic) bond motifs is 1. The number of carboxylic acid groups (broad SMARTS) is 1. The van der Waals surface area contributed by atoms with Gasteiger partial charge in [-0.3, -0.25) is 9.78 Å². The number of hydrogen-bond acceptors (Lipinski definition) is 6. The van der Waals surface area contributed by atoms with Gasteiger partial charge < -0.3 is 19.8 Å². The van der Waals surface area contributed by atoms with E-state index in [1.807, 2.05) is 0 Å². The fraction of sp³-hybridized carbons (Fsp3) is 0.643. The molecule has 0 bridgehead atoms. The van der Waals surface area contributed by atoms with Gasteiger partial charge in [-0.15, -0.1) is 0 Å². The summed E-state index contributed by atoms with van der Waals surface area (Å²) in [7, 11) is 1.56. The molecule has 0 unspecified atom stereocenters. The van der Waals surface area contributed by atoms with Crippen LogP contribution in [0, 0.1) is 5.41 Å². The maximum atomic E-state index is 15.9. The lowest BCUT2D eigenvalue weighted by Crippen LogP contribution is -2.42. The molecular formula is C28H39FN2O4S. The van der Waals surface area contributed by atoms with E-state index in [0.717, 1.165) is 43.5 Å². The van der Waals surface area contributed by atoms with Gasteiger partial charge in [0, 0.05) is 40.3 Å². The van der Waals surface area contributed by atoms with Crippen molar-refractivity contribution in [1.29, 1.82) is 0 Å². The van der Waals surface area contributed by atoms with Crippen molar-refractivity contribution in [3.05, 3.63) is 35.5 Å². The van der Waals surface area contributed by atoms with E-state index in [1.165, 1.54) is 31.9 Å². The molecule has 0 radical (unpaired) electrons. The first-order chi connectivity index (χ1) is 17.4. The first-order valence-electron chi connectivity index (χ1n) is 13.2. The highest BCUT2D eigenvalue weighted by molar-refractivity contribution is 7.99. The van der Waals surface area contributed by atoms with Crippen LogP contribution in [0.25, 0.3) is 10.9 Å². The van der Waals surface area contributed by atoms with Crippen LogP contribution in [-0.2, 0) is 11.4 Å². The van der Waals surface area contributed by atoms with E-state index in [2.05, 4.69) is 21.6 Å². The molecule has 1 atom stereocenters. The molecule has 1 saturated heterocycles. The number of nitrogens with zero attached hydrogens (tertiary/aromatic N) is 2. The van der Waals surface area contributed by atoms with Crippen LogP contribution in [0.2, 0.25) is 0 Å². The fourth-order valence-electron chi connectivity index (χ4n) is 5.92. The molecule has 1 aliphatic heterocycles. The molecule has 2 fully saturated rings. The lowest BCUT2D eigenvalue weighted by atomic mass is 9.71. The zero-order valence-corrected chi connectivity index (χ0v) is 22.1. The molecule has 198 valence electrons. The molecule has 1 saturated carbocycles. The van der Waals surface area contributed by atoms with E-state index in [0.29, 0.717) is 34.2 Å². The number of benzene rings is 1. The van der Waals surface area contributed by atoms with Crippen LogP contribution >= 0.6 is 11.8 Å². The quantitative estimate of drug-likeness (QED) is 0.370. The number of aliphatic hydroxyl groups excluding tert-OH is 1. The van der Waals surface area contributed by atoms with Crippen molar-refractivity contribution in [3.8, 4) is 5.75 Å². The smallest absolute Gasteiger partial charge is 0.303 e. The molecule has 2 N–H and O–H groups in total. The Hall–Kier alpha value is -1.90. The molecule has 1 aromatic carbocycles. The third kappa shape index (κ3) is 6.69. The zero-order valence-electron chi connectivity index (χ0n) is 21.3. The van der Waals surface area contributed by atoms with Crippen molar-refractivity contribution in [2.45, 2.75) is 75.8 Å². The van der Waals surface area contributed by atoms with Crippen molar-refractivity contribution >= 4 is 28.6 Å². The number of rotatable bonds is 12. The normalized spacial score (nSPS) is 19.5. The number of halogens is 1. The van der Waals surface area contributed by atoms with Crippen LogP contribution in [0.1, 0.15) is 75.1 Å². The maximum Gasteiger partial charge on any atom is 0.303 e. The predicted molar refractivity (Wildman–Crippen MR) is 142 cm³/mol. The molecule has 2 aromatic rings. The van der Waals surface area contributed by atoms with Crippen molar-refractivity contribution < 1.29 is 24.1 Å². The Kier molecular flexibility index (Phi) is 9.47. The summed E-state index contributed by atoms with van der Waals surface area (Å²) < 4.78 is 21.2. The van der Waals surface area contributed by atoms with E-state index >= 15 is 4.39 Å². The van der Waals surface area contributed by atoms with E-state index in [1.54, 1.807) is 25.3 Å². The molecule has 2 aliphatic rings. The van der Waals surface area contributed by atoms with Crippen molar-refractivity contribution in [2.24, 2.45) is 5.41 Å². The SMILES string of the molecule is COc1ccc2ncc(CO)c([C@@H](F)CCC3(CC(=O)O)CCN(CCSC4CCCC4)CC3)c2c1. The Morgan fingerprint density at radius 2 is 2.06 bits per heavy atom. The second kappa shape index (κ2) is 12.6. The first kappa shape index (κ1) is 27.1. The van der Waals surface area contributed by atoms with Gasteiger partial charge in [0.25, 0.3) is 0 Å². The van der Waals surface area contributed by atoms with Crippen molar-refractivity contribution in [2.75, 3.05) is 32.5 Å². The van der Waals surface area contributed by atoms with Crippen molar-refractivity contribution in [1.82, 2.24) is 9.88 Å². The Bertz CT molecular complexity index is 1020. The van der Waals surface area contributed by atoms with Gasteiger partial charge in [0.05, 0.1) is 25.7 Å². The number of carbonyl (C=O) groups is 1. The summed E-state index contributed by atoms with van der Waals surface area (Å²) in [6.07, 6.45) is 7.95. The lowest BCUT2D eigenvalue weighted by molar-refractivity contribution is -0.141. The molecule has 1 aliphatic carbocycles. The predicted octanol–water partition coefficient (Wildman–Crippen LogP) is 5.76. The van der Waals surface area contributed by atoms with Crippen LogP contribution in [-0.4, -0.2) is 63.8 Å². The summed E-state index contributed by atoms with van der Waals surface area (Å²) in [5.74, 6) is 0.922. The summed E-state index contributed by atoms with van der Waals surface area (Å²) in [5, 5.41) is 21.0. The Labute approximate surface area is 217 Å². The molecule has 6 nitrogen and oxygen atoms in total. The summed E-state index contributed by atoms with van der Waals surface area (Å²) in [6, 6.07) is 5.34. The third-order valence-corrected chi connectivity index (χ3v) is 9.48. The summed E-state index contributed by atoms with van der Waals surface area (Å²) in [6.45, 7) is 2.48. The van der Waals surface area contributed by atoms with E-state index in [9.17, 15) is 15.0 Å². The van der Waals surface area contributed by atoms with Gasteiger partial charge in [-0.25, -0.2) is 4.39 Å². The monoisotopic (exact) mass is 518 g/mol. The second-order valence-corrected chi connectivity index (χ2v) is 11.8. The number of carboxylic acids is 1. The van der Waals surface area contributed by atoms with E-state index in [-0.39, 0.29) is 19.4 Å². The Morgan fingerprint density at radius 3 is 2.72 bits per heavy atom. The minimum Gasteiger partial charge on any atom is -0.497 e. The summed E-state index contributed by atoms with van der Waals surface area (Å²) in [4.78, 5) is 18.6. The highest BCUT2D eigenvalue weighted by Gasteiger charge is 2.37. The van der Waals surface area contributed by atoms with Gasteiger partial charge in [-0.1, -0.05) is 12.8 Å². The zero-order chi connectivity index (χ0) is 25.5. The average molecular weight is 519 g/mol. The van der Waals surface area contributed by atoms with Gasteiger partial charge in [0.2, 0.25) is 0 Å². The first-order valence-corrected chi connectivity index (χ1v) is 14.2. The van der Waals surface area contributed by atoms with Crippen LogP contribution in [0.4, 0.5) is 4.39 Å². The number of aromatic nitrogens is 1. The number of likely N-dealkylation sites (tertiary alicyclic amines) is 1. The topological polar surface area (TPSA) is 82.9 Å². The van der Waals surface area contributed by atoms with Gasteiger partial charge >= 0.3 is 5.97 Å². The highest BCUT2D eigenvalue weighted by atomic mass is 32.2. The number of pyridine rings is 1. The minimum atomic E-state index is -1.32. The molecule has 2 heterocycles. The third-order valence-electron chi connectivity index (χ3n) is 8.12. The molecule has 1 aromatic heterocycles. The maximum absolute atomic E-state index is 15.9. The highest BCUT2D eigenvalue weighted by Crippen LogP contribution is 2.43. The van der Waals surface area contributed by atoms with Gasteiger partial charge in [0.15, 0.2) is 0 Å². The summed E-state index contributed by atoms with van der Waals surface area (Å²) >= 11 is 2.09. The molecule has 0 spiro atoms. The van der Waals surface area contributed by atoms with Crippen LogP contribution < -0.4 is 4.74 Å². The van der Waals surface area contributed by atoms with E-state index in [4.69, 9.17) is 4.74 Å². The van der Waals surface area contributed by atoms with E-state index < -0.39 is 17.6 Å². The average Bonchev–Trinajstić information content (AvgIpc) is 3.40. The molecular weight excluding hydrogens is 479 g/mol. The molecule has 8 heteroatoms. The molecule has 36 heavy (non-hydrogen) atoms. The van der Waals surface area contributed by atoms with Gasteiger partial charge in [-0.2, -0.15) is 11.8 Å². The number of piperidine rings is 1. The van der Waals surface area contributed by atoms with Crippen molar-refractivity contribution in [3.63, 3.8) is 0 Å². The molecule has 0 amide bonds. The van der Waals surface area contributed by atoms with Gasteiger partial charge in [0.1, 0.15) is 11.9 Å². The Morgan fingerprint density at radius 1 is 1.31 bits per heavy atom. The number of alkyl halides is 1. The Balaban J connectivity index is 1.41. The van der Waals surface area contributed by atoms with Crippen LogP contribution in [0.5, 0.6) is 5.75 Å². The van der Waals surface area contributed by atoms with Crippen LogP contribution in [0.3, 0.4) is 0 Å². The minimum absolute atomic E-state index is 0.0716. The second-order valence-electron chi connectivity index (χ2n) is 10.4. The largest absolute Gasteiger partial charge is 0.497 e. The number of ether oxygens (including phenoxy) is 1. The number of aliphatic hydroxyl groups is 1. The number of aliphatic carboxylic acids is 1.